The van der Waals surface area contributed by atoms with Crippen molar-refractivity contribution in [3.63, 3.8) is 0 Å². The number of aromatic nitrogens is 1. The van der Waals surface area contributed by atoms with Crippen LogP contribution in [-0.4, -0.2) is 11.5 Å². The smallest absolute Gasteiger partial charge is 0.0702 e. The molecule has 0 radical (unpaired) electrons. The van der Waals surface area contributed by atoms with E-state index < -0.39 is 0 Å². The van der Waals surface area contributed by atoms with Gasteiger partial charge >= 0.3 is 0 Å². The zero-order chi connectivity index (χ0) is 12.7. The summed E-state index contributed by atoms with van der Waals surface area (Å²) >= 11 is 0. The minimum Gasteiger partial charge on any atom is -0.384 e. The molecular formula is C17H14N2. The predicted octanol–water partition coefficient (Wildman–Crippen LogP) is 3.87. The van der Waals surface area contributed by atoms with Crippen LogP contribution in [0.1, 0.15) is 5.56 Å². The van der Waals surface area contributed by atoms with Gasteiger partial charge in [0, 0.05) is 29.4 Å². The number of pyridine rings is 1. The summed E-state index contributed by atoms with van der Waals surface area (Å²) < 4.78 is 0. The van der Waals surface area contributed by atoms with E-state index in [1.807, 2.05) is 18.3 Å². The van der Waals surface area contributed by atoms with E-state index in [1.165, 1.54) is 27.8 Å². The monoisotopic (exact) mass is 246 g/mol. The Bertz CT molecular complexity index is 762. The fraction of sp³-hybridized carbons (Fsp3) is 0.118. The van der Waals surface area contributed by atoms with Crippen LogP contribution in [0.2, 0.25) is 0 Å². The minimum absolute atomic E-state index is 1.05. The zero-order valence-corrected chi connectivity index (χ0v) is 10.6. The summed E-state index contributed by atoms with van der Waals surface area (Å²) in [5.74, 6) is 0. The molecule has 4 rings (SSSR count). The quantitative estimate of drug-likeness (QED) is 0.705. The number of benzene rings is 2. The van der Waals surface area contributed by atoms with Gasteiger partial charge in [-0.25, -0.2) is 0 Å². The van der Waals surface area contributed by atoms with Gasteiger partial charge < -0.3 is 5.32 Å². The van der Waals surface area contributed by atoms with Gasteiger partial charge in [-0.1, -0.05) is 30.3 Å². The summed E-state index contributed by atoms with van der Waals surface area (Å²) in [5.41, 5.74) is 6.13. The summed E-state index contributed by atoms with van der Waals surface area (Å²) in [6.45, 7) is 1.05. The van der Waals surface area contributed by atoms with Gasteiger partial charge in [0.2, 0.25) is 0 Å². The first-order chi connectivity index (χ1) is 9.40. The molecule has 1 N–H and O–H groups in total. The molecule has 0 saturated heterocycles. The van der Waals surface area contributed by atoms with Gasteiger partial charge in [0.05, 0.1) is 5.52 Å². The predicted molar refractivity (Wildman–Crippen MR) is 79.4 cm³/mol. The first-order valence-corrected chi connectivity index (χ1v) is 6.62. The molecule has 0 aliphatic carbocycles. The topological polar surface area (TPSA) is 24.9 Å². The van der Waals surface area contributed by atoms with Crippen molar-refractivity contribution in [1.82, 2.24) is 4.98 Å². The van der Waals surface area contributed by atoms with Crippen molar-refractivity contribution in [2.24, 2.45) is 0 Å². The highest BCUT2D eigenvalue weighted by atomic mass is 14.9. The lowest BCUT2D eigenvalue weighted by Gasteiger charge is -2.06. The molecule has 0 bridgehead atoms. The molecule has 1 aromatic heterocycles. The fourth-order valence-electron chi connectivity index (χ4n) is 2.70. The minimum atomic E-state index is 1.05. The lowest BCUT2D eigenvalue weighted by Crippen LogP contribution is -1.91. The summed E-state index contributed by atoms with van der Waals surface area (Å²) in [4.78, 5) is 4.53. The Balaban J connectivity index is 1.85. The fourth-order valence-corrected chi connectivity index (χ4v) is 2.70. The SMILES string of the molecule is c1ccc2ncc(-c3ccc4c(c3)NCC4)cc2c1. The lowest BCUT2D eigenvalue weighted by molar-refractivity contribution is 1.11. The highest BCUT2D eigenvalue weighted by Crippen LogP contribution is 2.29. The summed E-state index contributed by atoms with van der Waals surface area (Å²) in [7, 11) is 0. The number of fused-ring (bicyclic) bond motifs is 2. The van der Waals surface area contributed by atoms with Crippen molar-refractivity contribution in [1.29, 1.82) is 0 Å². The summed E-state index contributed by atoms with van der Waals surface area (Å²) in [5, 5.41) is 4.62. The Morgan fingerprint density at radius 1 is 0.947 bits per heavy atom. The number of para-hydroxylation sites is 1. The third kappa shape index (κ3) is 1.76. The van der Waals surface area contributed by atoms with Gasteiger partial charge in [0.25, 0.3) is 0 Å². The van der Waals surface area contributed by atoms with Crippen molar-refractivity contribution in [3.05, 3.63) is 60.3 Å². The molecule has 0 atom stereocenters. The Labute approximate surface area is 112 Å². The van der Waals surface area contributed by atoms with Crippen LogP contribution < -0.4 is 5.32 Å². The largest absolute Gasteiger partial charge is 0.384 e. The molecule has 2 heterocycles. The number of hydrogen-bond donors (Lipinski definition) is 1. The van der Waals surface area contributed by atoms with E-state index in [0.717, 1.165) is 18.5 Å². The molecule has 0 fully saturated rings. The van der Waals surface area contributed by atoms with Gasteiger partial charge in [0.15, 0.2) is 0 Å². The second-order valence-corrected chi connectivity index (χ2v) is 4.97. The molecule has 0 amide bonds. The molecule has 2 heteroatoms. The molecule has 3 aromatic rings. The van der Waals surface area contributed by atoms with E-state index >= 15 is 0 Å². The van der Waals surface area contributed by atoms with Crippen molar-refractivity contribution < 1.29 is 0 Å². The molecule has 1 aliphatic heterocycles. The van der Waals surface area contributed by atoms with Crippen molar-refractivity contribution in [2.45, 2.75) is 6.42 Å². The second kappa shape index (κ2) is 4.09. The first kappa shape index (κ1) is 10.6. The molecular weight excluding hydrogens is 232 g/mol. The molecule has 0 spiro atoms. The molecule has 92 valence electrons. The Hall–Kier alpha value is -2.35. The van der Waals surface area contributed by atoms with Crippen LogP contribution in [-0.2, 0) is 6.42 Å². The average molecular weight is 246 g/mol. The van der Waals surface area contributed by atoms with E-state index in [1.54, 1.807) is 0 Å². The normalized spacial score (nSPS) is 13.3. The highest BCUT2D eigenvalue weighted by Gasteiger charge is 2.10. The molecule has 2 aromatic carbocycles. The van der Waals surface area contributed by atoms with E-state index in [2.05, 4.69) is 46.7 Å². The van der Waals surface area contributed by atoms with Crippen molar-refractivity contribution >= 4 is 16.6 Å². The maximum atomic E-state index is 4.53. The van der Waals surface area contributed by atoms with Crippen LogP contribution in [0.15, 0.2) is 54.7 Å². The van der Waals surface area contributed by atoms with Gasteiger partial charge in [0.1, 0.15) is 0 Å². The summed E-state index contributed by atoms with van der Waals surface area (Å²) in [6, 6.07) is 17.1. The lowest BCUT2D eigenvalue weighted by atomic mass is 10.0. The van der Waals surface area contributed by atoms with E-state index in [0.29, 0.717) is 0 Å². The van der Waals surface area contributed by atoms with E-state index in [-0.39, 0.29) is 0 Å². The van der Waals surface area contributed by atoms with Crippen molar-refractivity contribution in [3.8, 4) is 11.1 Å². The van der Waals surface area contributed by atoms with Crippen LogP contribution in [0.3, 0.4) is 0 Å². The van der Waals surface area contributed by atoms with Crippen LogP contribution in [0.4, 0.5) is 5.69 Å². The Morgan fingerprint density at radius 2 is 1.89 bits per heavy atom. The standard InChI is InChI=1S/C17H14N2/c1-2-4-16-14(3-1)9-15(11-19-16)13-6-5-12-7-8-18-17(12)10-13/h1-6,9-11,18H,7-8H2. The van der Waals surface area contributed by atoms with Crippen LogP contribution in [0, 0.1) is 0 Å². The number of nitrogens with one attached hydrogen (secondary N) is 1. The van der Waals surface area contributed by atoms with E-state index in [4.69, 9.17) is 0 Å². The molecule has 19 heavy (non-hydrogen) atoms. The van der Waals surface area contributed by atoms with Gasteiger partial charge in [-0.05, 0) is 35.7 Å². The third-order valence-electron chi connectivity index (χ3n) is 3.74. The molecule has 0 unspecified atom stereocenters. The zero-order valence-electron chi connectivity index (χ0n) is 10.6. The molecule has 0 saturated carbocycles. The van der Waals surface area contributed by atoms with Crippen LogP contribution in [0.25, 0.3) is 22.0 Å². The number of hydrogen-bond acceptors (Lipinski definition) is 2. The third-order valence-corrected chi connectivity index (χ3v) is 3.74. The Kier molecular flexibility index (Phi) is 2.27. The number of anilines is 1. The maximum absolute atomic E-state index is 4.53. The summed E-state index contributed by atoms with van der Waals surface area (Å²) in [6.07, 6.45) is 3.09. The highest BCUT2D eigenvalue weighted by molar-refractivity contribution is 5.84. The maximum Gasteiger partial charge on any atom is 0.0702 e. The van der Waals surface area contributed by atoms with Gasteiger partial charge in [-0.2, -0.15) is 0 Å². The first-order valence-electron chi connectivity index (χ1n) is 6.62. The number of nitrogens with zero attached hydrogens (tertiary/aromatic N) is 1. The Morgan fingerprint density at radius 3 is 2.89 bits per heavy atom. The van der Waals surface area contributed by atoms with Gasteiger partial charge in [-0.3, -0.25) is 4.98 Å². The van der Waals surface area contributed by atoms with Crippen LogP contribution >= 0.6 is 0 Å². The molecule has 1 aliphatic rings. The average Bonchev–Trinajstić information content (AvgIpc) is 2.94. The van der Waals surface area contributed by atoms with Crippen LogP contribution in [0.5, 0.6) is 0 Å². The second-order valence-electron chi connectivity index (χ2n) is 4.97. The van der Waals surface area contributed by atoms with E-state index in [9.17, 15) is 0 Å². The molecule has 2 nitrogen and oxygen atoms in total. The van der Waals surface area contributed by atoms with Crippen molar-refractivity contribution in [2.75, 3.05) is 11.9 Å². The number of rotatable bonds is 1. The van der Waals surface area contributed by atoms with Gasteiger partial charge in [-0.15, -0.1) is 0 Å².